The number of amides is 1. The van der Waals surface area contributed by atoms with Crippen molar-refractivity contribution in [2.75, 3.05) is 4.90 Å². The number of carbonyl (C=O) groups excluding carboxylic acids is 2. The zero-order valence-corrected chi connectivity index (χ0v) is 16.0. The molecule has 0 aliphatic carbocycles. The second-order valence-corrected chi connectivity index (χ2v) is 7.61. The number of nitrogens with zero attached hydrogens (tertiary/aromatic N) is 1. The van der Waals surface area contributed by atoms with E-state index in [1.807, 2.05) is 13.0 Å². The first kappa shape index (κ1) is 19.0. The fourth-order valence-electron chi connectivity index (χ4n) is 3.43. The number of Topliss-reactive ketones (excluding diaryl/α,β-unsaturated/α-hetero) is 1. The van der Waals surface area contributed by atoms with E-state index in [0.717, 1.165) is 22.6 Å². The van der Waals surface area contributed by atoms with Gasteiger partial charge in [0.15, 0.2) is 17.4 Å². The highest BCUT2D eigenvalue weighted by atomic mass is 32.1. The molecule has 7 heteroatoms. The van der Waals surface area contributed by atoms with Crippen LogP contribution in [0.3, 0.4) is 0 Å². The molecule has 1 aliphatic heterocycles. The van der Waals surface area contributed by atoms with Crippen LogP contribution in [-0.4, -0.2) is 16.8 Å². The van der Waals surface area contributed by atoms with Gasteiger partial charge in [0.1, 0.15) is 0 Å². The van der Waals surface area contributed by atoms with Crippen LogP contribution in [0.4, 0.5) is 14.5 Å². The average molecular weight is 411 g/mol. The Morgan fingerprint density at radius 1 is 1.07 bits per heavy atom. The van der Waals surface area contributed by atoms with Gasteiger partial charge in [0.2, 0.25) is 5.78 Å². The topological polar surface area (TPSA) is 57.6 Å². The summed E-state index contributed by atoms with van der Waals surface area (Å²) in [5.74, 6) is -4.21. The van der Waals surface area contributed by atoms with E-state index in [0.29, 0.717) is 10.4 Å². The molecular weight excluding hydrogens is 396 g/mol. The van der Waals surface area contributed by atoms with Crippen LogP contribution in [0.2, 0.25) is 0 Å². The van der Waals surface area contributed by atoms with Crippen LogP contribution in [0.25, 0.3) is 0 Å². The summed E-state index contributed by atoms with van der Waals surface area (Å²) in [4.78, 5) is 27.5. The number of anilines is 1. The van der Waals surface area contributed by atoms with E-state index in [1.54, 1.807) is 35.7 Å². The van der Waals surface area contributed by atoms with Crippen LogP contribution in [0.5, 0.6) is 0 Å². The largest absolute Gasteiger partial charge is 0.503 e. The Morgan fingerprint density at radius 3 is 2.52 bits per heavy atom. The molecule has 2 aromatic carbocycles. The fraction of sp³-hybridized carbons (Fsp3) is 0.0909. The van der Waals surface area contributed by atoms with Crippen LogP contribution in [0, 0.1) is 18.6 Å². The molecule has 0 saturated heterocycles. The van der Waals surface area contributed by atoms with Crippen molar-refractivity contribution < 1.29 is 23.5 Å². The van der Waals surface area contributed by atoms with Gasteiger partial charge in [-0.1, -0.05) is 35.9 Å². The average Bonchev–Trinajstić information content (AvgIpc) is 3.32. The lowest BCUT2D eigenvalue weighted by Gasteiger charge is -2.27. The Labute approximate surface area is 169 Å². The van der Waals surface area contributed by atoms with E-state index in [9.17, 15) is 23.5 Å². The van der Waals surface area contributed by atoms with Crippen molar-refractivity contribution >= 4 is 28.7 Å². The first-order chi connectivity index (χ1) is 13.9. The molecule has 4 rings (SSSR count). The predicted molar refractivity (Wildman–Crippen MR) is 106 cm³/mol. The number of thiophene rings is 1. The third-order valence-corrected chi connectivity index (χ3v) is 5.61. The normalized spacial score (nSPS) is 16.6. The number of halogens is 2. The molecule has 2 heterocycles. The van der Waals surface area contributed by atoms with E-state index >= 15 is 0 Å². The lowest BCUT2D eigenvalue weighted by molar-refractivity contribution is -0.117. The molecule has 4 nitrogen and oxygen atoms in total. The molecule has 0 radical (unpaired) electrons. The zero-order valence-electron chi connectivity index (χ0n) is 15.2. The van der Waals surface area contributed by atoms with Crippen molar-refractivity contribution in [3.8, 4) is 0 Å². The van der Waals surface area contributed by atoms with Crippen molar-refractivity contribution in [3.05, 3.63) is 98.9 Å². The molecule has 1 N–H and O–H groups in total. The van der Waals surface area contributed by atoms with Crippen molar-refractivity contribution in [1.29, 1.82) is 0 Å². The van der Waals surface area contributed by atoms with Gasteiger partial charge < -0.3 is 5.11 Å². The highest BCUT2D eigenvalue weighted by Crippen LogP contribution is 2.42. The molecule has 0 spiro atoms. The van der Waals surface area contributed by atoms with Gasteiger partial charge in [-0.05, 0) is 36.1 Å². The molecular formula is C22H15F2NO3S. The number of hydrogen-bond donors (Lipinski definition) is 1. The molecule has 1 atom stereocenters. The lowest BCUT2D eigenvalue weighted by atomic mass is 9.94. The number of aliphatic hydroxyl groups is 1. The lowest BCUT2D eigenvalue weighted by Crippen LogP contribution is -2.31. The van der Waals surface area contributed by atoms with Crippen LogP contribution in [-0.2, 0) is 4.79 Å². The summed E-state index contributed by atoms with van der Waals surface area (Å²) in [6.45, 7) is 1.85. The van der Waals surface area contributed by atoms with Crippen LogP contribution >= 0.6 is 11.3 Å². The fourth-order valence-corrected chi connectivity index (χ4v) is 4.11. The summed E-state index contributed by atoms with van der Waals surface area (Å²) >= 11 is 1.19. The van der Waals surface area contributed by atoms with E-state index in [4.69, 9.17) is 0 Å². The zero-order chi connectivity index (χ0) is 20.7. The molecule has 1 amide bonds. The summed E-state index contributed by atoms with van der Waals surface area (Å²) in [7, 11) is 0. The smallest absolute Gasteiger partial charge is 0.294 e. The standard InChI is InChI=1S/C22H15F2NO3S/c1-12-4-2-5-13(10-12)19-18(20(26)17-6-3-9-29-17)21(27)22(28)25(19)14-7-8-15(23)16(24)11-14/h2-11,19,27H,1H3. The second kappa shape index (κ2) is 7.25. The summed E-state index contributed by atoms with van der Waals surface area (Å²) in [6.07, 6.45) is 0. The van der Waals surface area contributed by atoms with Gasteiger partial charge in [0, 0.05) is 11.8 Å². The molecule has 0 bridgehead atoms. The number of ketones is 1. The van der Waals surface area contributed by atoms with E-state index in [-0.39, 0.29) is 11.3 Å². The third kappa shape index (κ3) is 3.23. The number of aryl methyl sites for hydroxylation is 1. The highest BCUT2D eigenvalue weighted by molar-refractivity contribution is 7.12. The molecule has 1 aromatic heterocycles. The van der Waals surface area contributed by atoms with Crippen LogP contribution in [0.15, 0.2) is 71.3 Å². The number of hydrogen-bond acceptors (Lipinski definition) is 4. The van der Waals surface area contributed by atoms with Gasteiger partial charge in [0.05, 0.1) is 16.5 Å². The minimum Gasteiger partial charge on any atom is -0.503 e. The Bertz CT molecular complexity index is 1150. The summed E-state index contributed by atoms with van der Waals surface area (Å²) in [6, 6.07) is 12.5. The van der Waals surface area contributed by atoms with Gasteiger partial charge >= 0.3 is 0 Å². The molecule has 1 aliphatic rings. The number of rotatable bonds is 4. The van der Waals surface area contributed by atoms with Crippen molar-refractivity contribution in [2.24, 2.45) is 0 Å². The Kier molecular flexibility index (Phi) is 4.76. The summed E-state index contributed by atoms with van der Waals surface area (Å²) in [5.41, 5.74) is 1.41. The van der Waals surface area contributed by atoms with Crippen molar-refractivity contribution in [2.45, 2.75) is 13.0 Å². The Hall–Kier alpha value is -3.32. The van der Waals surface area contributed by atoms with Gasteiger partial charge in [-0.15, -0.1) is 11.3 Å². The predicted octanol–water partition coefficient (Wildman–Crippen LogP) is 5.12. The Morgan fingerprint density at radius 2 is 1.86 bits per heavy atom. The van der Waals surface area contributed by atoms with Crippen LogP contribution < -0.4 is 4.90 Å². The first-order valence-electron chi connectivity index (χ1n) is 8.75. The molecule has 1 unspecified atom stereocenters. The SMILES string of the molecule is Cc1cccc(C2C(C(=O)c3cccs3)=C(O)C(=O)N2c2ccc(F)c(F)c2)c1. The Balaban J connectivity index is 1.91. The van der Waals surface area contributed by atoms with Crippen molar-refractivity contribution in [1.82, 2.24) is 0 Å². The van der Waals surface area contributed by atoms with Crippen molar-refractivity contribution in [3.63, 3.8) is 0 Å². The minimum atomic E-state index is -1.13. The molecule has 0 fully saturated rings. The van der Waals surface area contributed by atoms with Gasteiger partial charge in [-0.2, -0.15) is 0 Å². The van der Waals surface area contributed by atoms with Crippen LogP contribution in [0.1, 0.15) is 26.8 Å². The molecule has 146 valence electrons. The minimum absolute atomic E-state index is 0.0425. The molecule has 29 heavy (non-hydrogen) atoms. The number of benzene rings is 2. The molecule has 3 aromatic rings. The van der Waals surface area contributed by atoms with E-state index in [1.165, 1.54) is 17.4 Å². The van der Waals surface area contributed by atoms with E-state index < -0.39 is 35.1 Å². The van der Waals surface area contributed by atoms with E-state index in [2.05, 4.69) is 0 Å². The van der Waals surface area contributed by atoms with Gasteiger partial charge in [-0.3, -0.25) is 14.5 Å². The maximum absolute atomic E-state index is 13.9. The first-order valence-corrected chi connectivity index (χ1v) is 9.63. The summed E-state index contributed by atoms with van der Waals surface area (Å²) in [5, 5.41) is 12.3. The highest BCUT2D eigenvalue weighted by Gasteiger charge is 2.45. The maximum atomic E-state index is 13.9. The molecule has 0 saturated carbocycles. The quantitative estimate of drug-likeness (QED) is 0.607. The van der Waals surface area contributed by atoms with Gasteiger partial charge in [0.25, 0.3) is 5.91 Å². The van der Waals surface area contributed by atoms with Gasteiger partial charge in [-0.25, -0.2) is 8.78 Å². The second-order valence-electron chi connectivity index (χ2n) is 6.66. The maximum Gasteiger partial charge on any atom is 0.294 e. The number of aliphatic hydroxyl groups excluding tert-OH is 1. The third-order valence-electron chi connectivity index (χ3n) is 4.74. The monoisotopic (exact) mass is 411 g/mol. The number of carbonyl (C=O) groups is 2. The summed E-state index contributed by atoms with van der Waals surface area (Å²) < 4.78 is 27.3.